The van der Waals surface area contributed by atoms with Gasteiger partial charge < -0.3 is 0 Å². The number of nitriles is 1. The Labute approximate surface area is 112 Å². The van der Waals surface area contributed by atoms with Crippen LogP contribution in [0.15, 0.2) is 22.7 Å². The summed E-state index contributed by atoms with van der Waals surface area (Å²) in [6.45, 7) is 3.59. The molecule has 2 rings (SSSR count). The fraction of sp³-hybridized carbons (Fsp3) is 0.154. The molecule has 5 heteroatoms. The van der Waals surface area contributed by atoms with E-state index < -0.39 is 0 Å². The number of rotatable bonds is 1. The molecule has 1 aromatic heterocycles. The Morgan fingerprint density at radius 1 is 1.28 bits per heavy atom. The lowest BCUT2D eigenvalue weighted by Crippen LogP contribution is -2.00. The zero-order chi connectivity index (χ0) is 13.3. The fourth-order valence-electron chi connectivity index (χ4n) is 1.53. The van der Waals surface area contributed by atoms with Gasteiger partial charge in [0, 0.05) is 21.3 Å². The van der Waals surface area contributed by atoms with Crippen LogP contribution in [0.25, 0.3) is 11.4 Å². The molecule has 0 fully saturated rings. The van der Waals surface area contributed by atoms with Crippen molar-refractivity contribution in [2.45, 2.75) is 13.8 Å². The second-order valence-corrected chi connectivity index (χ2v) is 4.70. The van der Waals surface area contributed by atoms with Crippen molar-refractivity contribution in [2.75, 3.05) is 0 Å². The molecule has 0 radical (unpaired) electrons. The molecule has 18 heavy (non-hydrogen) atoms. The largest absolute Gasteiger partial charge is 0.233 e. The molecule has 0 saturated heterocycles. The average Bonchev–Trinajstić information content (AvgIpc) is 2.35. The maximum atomic E-state index is 13.3. The Hall–Kier alpha value is -1.80. The third kappa shape index (κ3) is 2.24. The van der Waals surface area contributed by atoms with Crippen LogP contribution in [0.5, 0.6) is 0 Å². The first kappa shape index (κ1) is 12.7. The summed E-state index contributed by atoms with van der Waals surface area (Å²) >= 11 is 3.33. The summed E-state index contributed by atoms with van der Waals surface area (Å²) in [5.41, 5.74) is 2.31. The number of hydrogen-bond acceptors (Lipinski definition) is 3. The van der Waals surface area contributed by atoms with E-state index in [0.29, 0.717) is 27.2 Å². The lowest BCUT2D eigenvalue weighted by atomic mass is 10.1. The summed E-state index contributed by atoms with van der Waals surface area (Å²) in [6.07, 6.45) is 0. The van der Waals surface area contributed by atoms with E-state index in [9.17, 15) is 4.39 Å². The summed E-state index contributed by atoms with van der Waals surface area (Å²) in [5.74, 6) is -0.0189. The van der Waals surface area contributed by atoms with Crippen LogP contribution >= 0.6 is 15.9 Å². The summed E-state index contributed by atoms with van der Waals surface area (Å²) in [6, 6.07) is 6.30. The minimum Gasteiger partial charge on any atom is -0.233 e. The Morgan fingerprint density at radius 3 is 2.67 bits per heavy atom. The normalized spacial score (nSPS) is 10.2. The number of aromatic nitrogens is 2. The number of halogens is 2. The third-order valence-corrected chi connectivity index (χ3v) is 3.36. The molecule has 0 saturated carbocycles. The van der Waals surface area contributed by atoms with Crippen molar-refractivity contribution >= 4 is 15.9 Å². The van der Waals surface area contributed by atoms with Gasteiger partial charge in [0.25, 0.3) is 0 Å². The van der Waals surface area contributed by atoms with E-state index in [1.807, 2.05) is 6.07 Å². The molecule has 0 atom stereocenters. The Balaban J connectivity index is 2.69. The SMILES string of the molecule is Cc1nc(-c2cc(F)ccc2Br)nc(C#N)c1C. The van der Waals surface area contributed by atoms with Gasteiger partial charge in [0.2, 0.25) is 0 Å². The molecule has 90 valence electrons. The first-order chi connectivity index (χ1) is 8.52. The number of hydrogen-bond donors (Lipinski definition) is 0. The topological polar surface area (TPSA) is 49.6 Å². The molecule has 0 unspecified atom stereocenters. The van der Waals surface area contributed by atoms with E-state index in [4.69, 9.17) is 5.26 Å². The predicted molar refractivity (Wildman–Crippen MR) is 69.3 cm³/mol. The van der Waals surface area contributed by atoms with Crippen molar-refractivity contribution < 1.29 is 4.39 Å². The van der Waals surface area contributed by atoms with Gasteiger partial charge in [-0.15, -0.1) is 0 Å². The van der Waals surface area contributed by atoms with Gasteiger partial charge in [0.1, 0.15) is 17.6 Å². The predicted octanol–water partition coefficient (Wildman–Crippen LogP) is 3.53. The molecule has 0 amide bonds. The Kier molecular flexibility index (Phi) is 3.39. The highest BCUT2D eigenvalue weighted by molar-refractivity contribution is 9.10. The van der Waals surface area contributed by atoms with Crippen molar-refractivity contribution in [1.29, 1.82) is 5.26 Å². The second-order valence-electron chi connectivity index (χ2n) is 3.84. The Bertz CT molecular complexity index is 662. The molecular formula is C13H9BrFN3. The van der Waals surface area contributed by atoms with Gasteiger partial charge in [-0.3, -0.25) is 0 Å². The molecular weight excluding hydrogens is 297 g/mol. The lowest BCUT2D eigenvalue weighted by Gasteiger charge is -2.07. The third-order valence-electron chi connectivity index (χ3n) is 2.66. The van der Waals surface area contributed by atoms with E-state index in [1.54, 1.807) is 19.9 Å². The van der Waals surface area contributed by atoms with Crippen molar-refractivity contribution in [3.05, 3.63) is 45.4 Å². The van der Waals surface area contributed by atoms with Crippen LogP contribution in [0.3, 0.4) is 0 Å². The minimum atomic E-state index is -0.367. The maximum Gasteiger partial charge on any atom is 0.162 e. The van der Waals surface area contributed by atoms with E-state index in [0.717, 1.165) is 5.56 Å². The van der Waals surface area contributed by atoms with Crippen LogP contribution in [0.1, 0.15) is 17.0 Å². The van der Waals surface area contributed by atoms with E-state index in [-0.39, 0.29) is 5.82 Å². The van der Waals surface area contributed by atoms with E-state index in [1.165, 1.54) is 12.1 Å². The van der Waals surface area contributed by atoms with E-state index >= 15 is 0 Å². The highest BCUT2D eigenvalue weighted by Crippen LogP contribution is 2.27. The molecule has 3 nitrogen and oxygen atoms in total. The highest BCUT2D eigenvalue weighted by Gasteiger charge is 2.12. The molecule has 0 spiro atoms. The van der Waals surface area contributed by atoms with Gasteiger partial charge in [-0.1, -0.05) is 15.9 Å². The van der Waals surface area contributed by atoms with Crippen molar-refractivity contribution in [3.63, 3.8) is 0 Å². The van der Waals surface area contributed by atoms with E-state index in [2.05, 4.69) is 25.9 Å². The van der Waals surface area contributed by atoms with Gasteiger partial charge in [0.15, 0.2) is 5.82 Å². The standard InChI is InChI=1S/C13H9BrFN3/c1-7-8(2)17-13(18-12(7)6-16)10-5-9(15)3-4-11(10)14/h3-5H,1-2H3. The average molecular weight is 306 g/mol. The molecule has 1 aromatic carbocycles. The summed E-state index contributed by atoms with van der Waals surface area (Å²) < 4.78 is 13.9. The molecule has 0 bridgehead atoms. The summed E-state index contributed by atoms with van der Waals surface area (Å²) in [4.78, 5) is 8.45. The zero-order valence-corrected chi connectivity index (χ0v) is 11.4. The quantitative estimate of drug-likeness (QED) is 0.810. The monoisotopic (exact) mass is 305 g/mol. The first-order valence-electron chi connectivity index (χ1n) is 5.23. The van der Waals surface area contributed by atoms with Gasteiger partial charge in [-0.2, -0.15) is 5.26 Å². The van der Waals surface area contributed by atoms with Crippen molar-refractivity contribution in [2.24, 2.45) is 0 Å². The van der Waals surface area contributed by atoms with Crippen LogP contribution in [-0.4, -0.2) is 9.97 Å². The van der Waals surface area contributed by atoms with Crippen molar-refractivity contribution in [3.8, 4) is 17.5 Å². The molecule has 1 heterocycles. The van der Waals surface area contributed by atoms with Gasteiger partial charge in [0.05, 0.1) is 0 Å². The molecule has 0 aliphatic rings. The van der Waals surface area contributed by atoms with Crippen LogP contribution in [-0.2, 0) is 0 Å². The first-order valence-corrected chi connectivity index (χ1v) is 6.03. The maximum absolute atomic E-state index is 13.3. The van der Waals surface area contributed by atoms with Crippen LogP contribution in [0.4, 0.5) is 4.39 Å². The molecule has 0 aliphatic heterocycles. The second kappa shape index (κ2) is 4.83. The van der Waals surface area contributed by atoms with Crippen LogP contribution in [0.2, 0.25) is 0 Å². The van der Waals surface area contributed by atoms with Crippen LogP contribution in [0, 0.1) is 31.0 Å². The van der Waals surface area contributed by atoms with Gasteiger partial charge >= 0.3 is 0 Å². The molecule has 2 aromatic rings. The molecule has 0 aliphatic carbocycles. The minimum absolute atomic E-state index is 0.314. The van der Waals surface area contributed by atoms with Crippen LogP contribution < -0.4 is 0 Å². The number of aryl methyl sites for hydroxylation is 1. The highest BCUT2D eigenvalue weighted by atomic mass is 79.9. The summed E-state index contributed by atoms with van der Waals surface area (Å²) in [7, 11) is 0. The lowest BCUT2D eigenvalue weighted by molar-refractivity contribution is 0.628. The molecule has 0 N–H and O–H groups in total. The zero-order valence-electron chi connectivity index (χ0n) is 9.83. The van der Waals surface area contributed by atoms with Gasteiger partial charge in [-0.05, 0) is 32.0 Å². The Morgan fingerprint density at radius 2 is 2.00 bits per heavy atom. The van der Waals surface area contributed by atoms with Crippen molar-refractivity contribution in [1.82, 2.24) is 9.97 Å². The smallest absolute Gasteiger partial charge is 0.162 e. The number of nitrogens with zero attached hydrogens (tertiary/aromatic N) is 3. The fourth-order valence-corrected chi connectivity index (χ4v) is 1.95. The van der Waals surface area contributed by atoms with Gasteiger partial charge in [-0.25, -0.2) is 14.4 Å². The number of benzene rings is 1. The summed E-state index contributed by atoms with van der Waals surface area (Å²) in [5, 5.41) is 9.01.